The molecular formula is C26H22Cl2N2O5. The predicted octanol–water partition coefficient (Wildman–Crippen LogP) is 4.83. The third-order valence-corrected chi connectivity index (χ3v) is 6.80. The number of nitrogens with one attached hydrogen (secondary N) is 2. The van der Waals surface area contributed by atoms with Crippen LogP contribution in [0.3, 0.4) is 0 Å². The molecule has 3 aromatic rings. The summed E-state index contributed by atoms with van der Waals surface area (Å²) in [7, 11) is 1.37. The van der Waals surface area contributed by atoms with E-state index in [-0.39, 0.29) is 11.9 Å². The molecule has 0 fully saturated rings. The van der Waals surface area contributed by atoms with Crippen molar-refractivity contribution in [1.82, 2.24) is 5.32 Å². The van der Waals surface area contributed by atoms with Crippen LogP contribution in [0.25, 0.3) is 0 Å². The average Bonchev–Trinajstić information content (AvgIpc) is 2.87. The monoisotopic (exact) mass is 512 g/mol. The molecule has 1 unspecified atom stereocenters. The van der Waals surface area contributed by atoms with Gasteiger partial charge in [0.25, 0.3) is 5.91 Å². The summed E-state index contributed by atoms with van der Waals surface area (Å²) in [5, 5.41) is 7.08. The zero-order valence-electron chi connectivity index (χ0n) is 18.8. The smallest absolute Gasteiger partial charge is 0.323 e. The molecule has 2 heterocycles. The number of anilines is 1. The highest BCUT2D eigenvalue weighted by Gasteiger charge is 2.32. The van der Waals surface area contributed by atoms with Crippen molar-refractivity contribution < 1.29 is 23.8 Å². The lowest BCUT2D eigenvalue weighted by Gasteiger charge is -2.30. The molecule has 2 atom stereocenters. The Kier molecular flexibility index (Phi) is 6.56. The number of carbonyl (C=O) groups excluding carboxylic acids is 2. The number of esters is 1. The Balaban J connectivity index is 1.27. The van der Waals surface area contributed by atoms with E-state index in [1.165, 1.54) is 7.11 Å². The van der Waals surface area contributed by atoms with Crippen molar-refractivity contribution in [3.63, 3.8) is 0 Å². The molecule has 35 heavy (non-hydrogen) atoms. The van der Waals surface area contributed by atoms with Crippen LogP contribution < -0.4 is 20.1 Å². The maximum Gasteiger partial charge on any atom is 0.323 e. The molecule has 9 heteroatoms. The molecule has 0 bridgehead atoms. The lowest BCUT2D eigenvalue weighted by atomic mass is 9.94. The maximum absolute atomic E-state index is 12.8. The molecule has 0 saturated heterocycles. The van der Waals surface area contributed by atoms with Gasteiger partial charge in [0.05, 0.1) is 22.8 Å². The van der Waals surface area contributed by atoms with Gasteiger partial charge in [-0.15, -0.1) is 0 Å². The van der Waals surface area contributed by atoms with Gasteiger partial charge >= 0.3 is 5.97 Å². The second-order valence-corrected chi connectivity index (χ2v) is 9.19. The lowest BCUT2D eigenvalue weighted by Crippen LogP contribution is -2.42. The molecular weight excluding hydrogens is 491 g/mol. The molecule has 0 aliphatic carbocycles. The topological polar surface area (TPSA) is 85.9 Å². The minimum Gasteiger partial charge on any atom is -0.489 e. The first kappa shape index (κ1) is 23.5. The minimum absolute atomic E-state index is 0.264. The van der Waals surface area contributed by atoms with Crippen LogP contribution in [0.4, 0.5) is 5.69 Å². The Labute approximate surface area is 212 Å². The van der Waals surface area contributed by atoms with Gasteiger partial charge in [-0.25, -0.2) is 0 Å². The van der Waals surface area contributed by atoms with Gasteiger partial charge in [-0.1, -0.05) is 41.4 Å². The van der Waals surface area contributed by atoms with E-state index in [0.717, 1.165) is 16.7 Å². The fourth-order valence-electron chi connectivity index (χ4n) is 4.18. The van der Waals surface area contributed by atoms with E-state index in [0.29, 0.717) is 52.4 Å². The zero-order chi connectivity index (χ0) is 24.5. The Morgan fingerprint density at radius 2 is 1.86 bits per heavy atom. The van der Waals surface area contributed by atoms with Crippen LogP contribution >= 0.6 is 23.2 Å². The van der Waals surface area contributed by atoms with E-state index < -0.39 is 12.1 Å². The molecule has 2 aliphatic heterocycles. The highest BCUT2D eigenvalue weighted by Crippen LogP contribution is 2.38. The van der Waals surface area contributed by atoms with Crippen LogP contribution in [0.2, 0.25) is 10.0 Å². The van der Waals surface area contributed by atoms with Crippen LogP contribution in [0.1, 0.15) is 28.4 Å². The summed E-state index contributed by atoms with van der Waals surface area (Å²) < 4.78 is 16.7. The molecule has 5 rings (SSSR count). The highest BCUT2D eigenvalue weighted by atomic mass is 35.5. The third-order valence-electron chi connectivity index (χ3n) is 6.06. The second-order valence-electron chi connectivity index (χ2n) is 8.37. The molecule has 7 nitrogen and oxygen atoms in total. The fourth-order valence-corrected chi connectivity index (χ4v) is 4.50. The SMILES string of the molecule is COC(=O)C1Cc2cc3c(cc2CN1)O[C@@H](c1ccc(OCc2ccc(Cl)c(Cl)c2)cc1)C(=O)N3. The molecule has 2 aliphatic rings. The quantitative estimate of drug-likeness (QED) is 0.476. The number of halogens is 2. The van der Waals surface area contributed by atoms with Crippen molar-refractivity contribution in [1.29, 1.82) is 0 Å². The minimum atomic E-state index is -0.788. The van der Waals surface area contributed by atoms with Gasteiger partial charge in [-0.3, -0.25) is 9.59 Å². The molecule has 180 valence electrons. The number of rotatable bonds is 5. The largest absolute Gasteiger partial charge is 0.489 e. The van der Waals surface area contributed by atoms with E-state index in [2.05, 4.69) is 10.6 Å². The van der Waals surface area contributed by atoms with E-state index in [9.17, 15) is 9.59 Å². The van der Waals surface area contributed by atoms with Crippen molar-refractivity contribution in [2.24, 2.45) is 0 Å². The number of carbonyl (C=O) groups is 2. The molecule has 0 aromatic heterocycles. The molecule has 0 saturated carbocycles. The summed E-state index contributed by atoms with van der Waals surface area (Å²) in [6.45, 7) is 0.842. The Morgan fingerprint density at radius 3 is 2.60 bits per heavy atom. The van der Waals surface area contributed by atoms with Crippen LogP contribution in [0.15, 0.2) is 54.6 Å². The summed E-state index contributed by atoms with van der Waals surface area (Å²) in [5.41, 5.74) is 4.19. The number of amides is 1. The van der Waals surface area contributed by atoms with Crippen molar-refractivity contribution >= 4 is 40.8 Å². The summed E-state index contributed by atoms with van der Waals surface area (Å²) in [6.07, 6.45) is -0.304. The Bertz CT molecular complexity index is 1300. The van der Waals surface area contributed by atoms with E-state index in [1.807, 2.05) is 18.2 Å². The summed E-state index contributed by atoms with van der Waals surface area (Å²) >= 11 is 12.0. The summed E-state index contributed by atoms with van der Waals surface area (Å²) in [4.78, 5) is 24.7. The van der Waals surface area contributed by atoms with E-state index in [4.69, 9.17) is 37.4 Å². The summed E-state index contributed by atoms with van der Waals surface area (Å²) in [6, 6.07) is 15.9. The molecule has 1 amide bonds. The maximum atomic E-state index is 12.8. The Morgan fingerprint density at radius 1 is 1.06 bits per heavy atom. The van der Waals surface area contributed by atoms with Gasteiger partial charge in [-0.05, 0) is 59.5 Å². The highest BCUT2D eigenvalue weighted by molar-refractivity contribution is 6.42. The van der Waals surface area contributed by atoms with E-state index >= 15 is 0 Å². The van der Waals surface area contributed by atoms with Crippen LogP contribution in [0, 0.1) is 0 Å². The van der Waals surface area contributed by atoms with Gasteiger partial charge in [0.15, 0.2) is 0 Å². The molecule has 0 radical (unpaired) electrons. The van der Waals surface area contributed by atoms with Gasteiger partial charge in [0.2, 0.25) is 6.10 Å². The first-order valence-corrected chi connectivity index (χ1v) is 11.8. The predicted molar refractivity (Wildman–Crippen MR) is 132 cm³/mol. The second kappa shape index (κ2) is 9.77. The standard InChI is InChI=1S/C26H22Cl2N2O5/c1-33-26(32)22-10-16-9-21-23(11-17(16)12-29-22)35-24(25(31)30-21)15-3-5-18(6-4-15)34-13-14-2-7-19(27)20(28)8-14/h2-9,11,22,24,29H,10,12-13H2,1H3,(H,30,31)/t22?,24-/m0/s1. The number of ether oxygens (including phenoxy) is 3. The molecule has 2 N–H and O–H groups in total. The third kappa shape index (κ3) is 4.93. The van der Waals surface area contributed by atoms with Crippen molar-refractivity contribution in [3.8, 4) is 11.5 Å². The number of methoxy groups -OCH3 is 1. The normalized spacial score (nSPS) is 18.5. The lowest BCUT2D eigenvalue weighted by molar-refractivity contribution is -0.143. The number of hydrogen-bond acceptors (Lipinski definition) is 6. The number of hydrogen-bond donors (Lipinski definition) is 2. The van der Waals surface area contributed by atoms with E-state index in [1.54, 1.807) is 36.4 Å². The van der Waals surface area contributed by atoms with Crippen LogP contribution in [0.5, 0.6) is 11.5 Å². The van der Waals surface area contributed by atoms with Crippen LogP contribution in [-0.4, -0.2) is 25.0 Å². The van der Waals surface area contributed by atoms with Crippen molar-refractivity contribution in [2.75, 3.05) is 12.4 Å². The summed E-state index contributed by atoms with van der Waals surface area (Å²) in [5.74, 6) is 0.668. The zero-order valence-corrected chi connectivity index (χ0v) is 20.3. The molecule has 3 aromatic carbocycles. The number of benzene rings is 3. The van der Waals surface area contributed by atoms with Gasteiger partial charge in [0.1, 0.15) is 24.1 Å². The van der Waals surface area contributed by atoms with Crippen molar-refractivity contribution in [2.45, 2.75) is 31.7 Å². The van der Waals surface area contributed by atoms with Gasteiger partial charge in [0, 0.05) is 12.1 Å². The van der Waals surface area contributed by atoms with Crippen LogP contribution in [-0.2, 0) is 33.9 Å². The first-order valence-electron chi connectivity index (χ1n) is 11.0. The first-order chi connectivity index (χ1) is 16.9. The Hall–Kier alpha value is -3.26. The molecule has 0 spiro atoms. The fraction of sp³-hybridized carbons (Fsp3) is 0.231. The van der Waals surface area contributed by atoms with Gasteiger partial charge < -0.3 is 24.8 Å². The van der Waals surface area contributed by atoms with Crippen molar-refractivity contribution in [3.05, 3.63) is 86.9 Å². The average molecular weight is 513 g/mol. The number of fused-ring (bicyclic) bond motifs is 2. The van der Waals surface area contributed by atoms with Gasteiger partial charge in [-0.2, -0.15) is 0 Å².